The Kier molecular flexibility index (Phi) is 3.53. The molecule has 1 saturated heterocycles. The predicted octanol–water partition coefficient (Wildman–Crippen LogP) is 4.17. The van der Waals surface area contributed by atoms with E-state index < -0.39 is 0 Å². The van der Waals surface area contributed by atoms with Gasteiger partial charge in [0.15, 0.2) is 0 Å². The van der Waals surface area contributed by atoms with E-state index in [1.54, 1.807) is 0 Å². The summed E-state index contributed by atoms with van der Waals surface area (Å²) in [6.07, 6.45) is 7.49. The third kappa shape index (κ3) is 2.79. The number of hydrogen-bond donors (Lipinski definition) is 0. The molecule has 1 aromatic rings. The molecule has 0 bridgehead atoms. The molecule has 2 nitrogen and oxygen atoms in total. The lowest BCUT2D eigenvalue weighted by Crippen LogP contribution is -2.41. The van der Waals surface area contributed by atoms with Crippen molar-refractivity contribution in [2.24, 2.45) is 0 Å². The van der Waals surface area contributed by atoms with Gasteiger partial charge in [-0.15, -0.1) is 0 Å². The first-order valence-corrected chi connectivity index (χ1v) is 7.55. The first kappa shape index (κ1) is 13.0. The number of hydrogen-bond acceptors (Lipinski definition) is 2. The number of ether oxygens (including phenoxy) is 2. The zero-order valence-electron chi connectivity index (χ0n) is 12.1. The van der Waals surface area contributed by atoms with Crippen LogP contribution in [0, 0.1) is 13.8 Å². The van der Waals surface area contributed by atoms with Crippen LogP contribution in [0.5, 0.6) is 5.75 Å². The topological polar surface area (TPSA) is 18.5 Å². The largest absolute Gasteiger partial charge is 0.490 e. The van der Waals surface area contributed by atoms with Crippen molar-refractivity contribution in [2.45, 2.75) is 64.1 Å². The number of aryl methyl sites for hydroxylation is 2. The molecule has 2 heteroatoms. The van der Waals surface area contributed by atoms with Gasteiger partial charge in [-0.05, 0) is 43.9 Å². The van der Waals surface area contributed by atoms with E-state index in [4.69, 9.17) is 9.47 Å². The molecule has 1 aliphatic carbocycles. The van der Waals surface area contributed by atoms with Gasteiger partial charge < -0.3 is 9.47 Å². The third-order valence-corrected chi connectivity index (χ3v) is 4.60. The maximum Gasteiger partial charge on any atom is 0.122 e. The summed E-state index contributed by atoms with van der Waals surface area (Å²) >= 11 is 0. The summed E-state index contributed by atoms with van der Waals surface area (Å²) in [4.78, 5) is 0. The van der Waals surface area contributed by atoms with E-state index in [1.807, 2.05) is 0 Å². The van der Waals surface area contributed by atoms with Crippen LogP contribution in [-0.4, -0.2) is 18.3 Å². The Labute approximate surface area is 116 Å². The van der Waals surface area contributed by atoms with Crippen molar-refractivity contribution in [2.75, 3.05) is 6.61 Å². The summed E-state index contributed by atoms with van der Waals surface area (Å²) in [5, 5.41) is 0. The monoisotopic (exact) mass is 260 g/mol. The highest BCUT2D eigenvalue weighted by atomic mass is 16.5. The molecule has 1 heterocycles. The van der Waals surface area contributed by atoms with E-state index in [0.29, 0.717) is 6.10 Å². The minimum atomic E-state index is 0.140. The molecule has 1 spiro atoms. The van der Waals surface area contributed by atoms with Gasteiger partial charge in [0.25, 0.3) is 0 Å². The predicted molar refractivity (Wildman–Crippen MR) is 76.7 cm³/mol. The molecular weight excluding hydrogens is 236 g/mol. The second-order valence-corrected chi connectivity index (χ2v) is 6.24. The maximum absolute atomic E-state index is 6.27. The van der Waals surface area contributed by atoms with Gasteiger partial charge in [0.05, 0.1) is 12.2 Å². The van der Waals surface area contributed by atoms with Crippen LogP contribution in [0.4, 0.5) is 0 Å². The first-order chi connectivity index (χ1) is 9.17. The summed E-state index contributed by atoms with van der Waals surface area (Å²) in [5.74, 6) is 1.06. The maximum atomic E-state index is 6.27. The van der Waals surface area contributed by atoms with Gasteiger partial charge in [0.1, 0.15) is 11.9 Å². The highest BCUT2D eigenvalue weighted by Gasteiger charge is 2.40. The van der Waals surface area contributed by atoms with Gasteiger partial charge in [-0.2, -0.15) is 0 Å². The summed E-state index contributed by atoms with van der Waals surface area (Å²) in [6, 6.07) is 6.45. The Hall–Kier alpha value is -1.02. The quantitative estimate of drug-likeness (QED) is 0.794. The van der Waals surface area contributed by atoms with E-state index >= 15 is 0 Å². The average Bonchev–Trinajstić information content (AvgIpc) is 2.82. The molecule has 19 heavy (non-hydrogen) atoms. The Bertz CT molecular complexity index is 447. The lowest BCUT2D eigenvalue weighted by atomic mass is 9.90. The fraction of sp³-hybridized carbons (Fsp3) is 0.647. The smallest absolute Gasteiger partial charge is 0.122 e. The van der Waals surface area contributed by atoms with Gasteiger partial charge >= 0.3 is 0 Å². The zero-order valence-corrected chi connectivity index (χ0v) is 12.1. The minimum Gasteiger partial charge on any atom is -0.490 e. The Balaban J connectivity index is 1.70. The van der Waals surface area contributed by atoms with E-state index in [-0.39, 0.29) is 5.60 Å². The van der Waals surface area contributed by atoms with Gasteiger partial charge in [-0.25, -0.2) is 0 Å². The summed E-state index contributed by atoms with van der Waals surface area (Å²) < 4.78 is 12.3. The highest BCUT2D eigenvalue weighted by Crippen LogP contribution is 2.41. The van der Waals surface area contributed by atoms with Crippen molar-refractivity contribution in [3.8, 4) is 5.75 Å². The molecule has 2 aliphatic rings. The van der Waals surface area contributed by atoms with Crippen LogP contribution < -0.4 is 4.74 Å². The molecule has 0 aromatic heterocycles. The lowest BCUT2D eigenvalue weighted by Gasteiger charge is -2.38. The van der Waals surface area contributed by atoms with Crippen LogP contribution in [0.2, 0.25) is 0 Å². The second kappa shape index (κ2) is 5.16. The molecule has 1 saturated carbocycles. The molecule has 104 valence electrons. The van der Waals surface area contributed by atoms with Crippen LogP contribution in [-0.2, 0) is 4.74 Å². The zero-order chi connectivity index (χ0) is 13.3. The van der Waals surface area contributed by atoms with Gasteiger partial charge in [0.2, 0.25) is 0 Å². The van der Waals surface area contributed by atoms with E-state index in [1.165, 1.54) is 36.8 Å². The van der Waals surface area contributed by atoms with Crippen LogP contribution in [0.1, 0.15) is 49.7 Å². The van der Waals surface area contributed by atoms with Crippen LogP contribution in [0.25, 0.3) is 0 Å². The van der Waals surface area contributed by atoms with Crippen molar-refractivity contribution in [1.82, 2.24) is 0 Å². The fourth-order valence-corrected chi connectivity index (χ4v) is 3.47. The molecule has 1 atom stereocenters. The van der Waals surface area contributed by atoms with Crippen molar-refractivity contribution >= 4 is 0 Å². The Morgan fingerprint density at radius 2 is 2.00 bits per heavy atom. The molecular formula is C17H24O2. The van der Waals surface area contributed by atoms with Gasteiger partial charge in [-0.3, -0.25) is 0 Å². The van der Waals surface area contributed by atoms with Crippen LogP contribution >= 0.6 is 0 Å². The molecule has 1 aliphatic heterocycles. The molecule has 3 rings (SSSR count). The summed E-state index contributed by atoms with van der Waals surface area (Å²) in [7, 11) is 0. The number of benzene rings is 1. The number of rotatable bonds is 2. The van der Waals surface area contributed by atoms with Crippen molar-refractivity contribution in [1.29, 1.82) is 0 Å². The normalized spacial score (nSPS) is 25.7. The van der Waals surface area contributed by atoms with Crippen molar-refractivity contribution in [3.63, 3.8) is 0 Å². The highest BCUT2D eigenvalue weighted by molar-refractivity contribution is 5.36. The molecule has 2 fully saturated rings. The lowest BCUT2D eigenvalue weighted by molar-refractivity contribution is -0.108. The fourth-order valence-electron chi connectivity index (χ4n) is 3.47. The SMILES string of the molecule is Cc1ccc(C)c(OC2CCOC3(CCCC3)C2)c1. The summed E-state index contributed by atoms with van der Waals surface area (Å²) in [6.45, 7) is 5.10. The van der Waals surface area contributed by atoms with Crippen LogP contribution in [0.3, 0.4) is 0 Å². The molecule has 1 unspecified atom stereocenters. The van der Waals surface area contributed by atoms with E-state index in [0.717, 1.165) is 25.2 Å². The third-order valence-electron chi connectivity index (χ3n) is 4.60. The first-order valence-electron chi connectivity index (χ1n) is 7.55. The average molecular weight is 260 g/mol. The Morgan fingerprint density at radius 3 is 2.79 bits per heavy atom. The molecule has 0 N–H and O–H groups in total. The molecule has 0 amide bonds. The summed E-state index contributed by atoms with van der Waals surface area (Å²) in [5.41, 5.74) is 2.64. The van der Waals surface area contributed by atoms with Crippen LogP contribution in [0.15, 0.2) is 18.2 Å². The molecule has 0 radical (unpaired) electrons. The van der Waals surface area contributed by atoms with Crippen molar-refractivity contribution < 1.29 is 9.47 Å². The minimum absolute atomic E-state index is 0.140. The molecule has 1 aromatic carbocycles. The Morgan fingerprint density at radius 1 is 1.21 bits per heavy atom. The van der Waals surface area contributed by atoms with Crippen molar-refractivity contribution in [3.05, 3.63) is 29.3 Å². The van der Waals surface area contributed by atoms with E-state index in [2.05, 4.69) is 32.0 Å². The van der Waals surface area contributed by atoms with E-state index in [9.17, 15) is 0 Å². The second-order valence-electron chi connectivity index (χ2n) is 6.24. The standard InChI is InChI=1S/C17H24O2/c1-13-5-6-14(2)16(11-13)19-15-7-10-18-17(12-15)8-3-4-9-17/h5-6,11,15H,3-4,7-10,12H2,1-2H3. The van der Waals surface area contributed by atoms with Gasteiger partial charge in [0, 0.05) is 12.8 Å². The van der Waals surface area contributed by atoms with Gasteiger partial charge in [-0.1, -0.05) is 25.0 Å².